The second kappa shape index (κ2) is 7.08. The van der Waals surface area contributed by atoms with Gasteiger partial charge in [0.05, 0.1) is 12.0 Å². The summed E-state index contributed by atoms with van der Waals surface area (Å²) in [5.74, 6) is 0.342. The molecule has 1 aliphatic heterocycles. The van der Waals surface area contributed by atoms with Gasteiger partial charge in [0.15, 0.2) is 0 Å². The second-order valence-corrected chi connectivity index (χ2v) is 8.06. The molecule has 1 heterocycles. The van der Waals surface area contributed by atoms with Gasteiger partial charge >= 0.3 is 0 Å². The number of nitrogens with zero attached hydrogens (tertiary/aromatic N) is 2. The average Bonchev–Trinajstić information content (AvgIpc) is 2.64. The van der Waals surface area contributed by atoms with Crippen molar-refractivity contribution in [3.05, 3.63) is 35.4 Å². The van der Waals surface area contributed by atoms with E-state index in [0.717, 1.165) is 51.9 Å². The summed E-state index contributed by atoms with van der Waals surface area (Å²) in [7, 11) is 1.71. The minimum Gasteiger partial charge on any atom is -0.384 e. The zero-order valence-corrected chi connectivity index (χ0v) is 15.4. The number of amides is 1. The maximum absolute atomic E-state index is 13.0. The fourth-order valence-corrected chi connectivity index (χ4v) is 4.92. The molecule has 3 aliphatic rings. The van der Waals surface area contributed by atoms with Gasteiger partial charge in [-0.3, -0.25) is 9.69 Å². The van der Waals surface area contributed by atoms with Gasteiger partial charge in [0.2, 0.25) is 5.91 Å². The predicted octanol–water partition coefficient (Wildman–Crippen LogP) is 2.50. The molecule has 25 heavy (non-hydrogen) atoms. The zero-order chi connectivity index (χ0) is 17.3. The van der Waals surface area contributed by atoms with Gasteiger partial charge in [-0.15, -0.1) is 0 Å². The fraction of sp³-hybridized carbons (Fsp3) is 0.667. The lowest BCUT2D eigenvalue weighted by Gasteiger charge is -2.46. The van der Waals surface area contributed by atoms with Crippen LogP contribution in [0.15, 0.2) is 24.3 Å². The van der Waals surface area contributed by atoms with Crippen molar-refractivity contribution in [2.75, 3.05) is 39.9 Å². The van der Waals surface area contributed by atoms with Gasteiger partial charge in [-0.2, -0.15) is 0 Å². The van der Waals surface area contributed by atoms with E-state index in [4.69, 9.17) is 4.74 Å². The Hall–Kier alpha value is -1.39. The number of fused-ring (bicyclic) bond motifs is 1. The van der Waals surface area contributed by atoms with Gasteiger partial charge in [-0.25, -0.2) is 0 Å². The lowest BCUT2D eigenvalue weighted by molar-refractivity contribution is -0.154. The van der Waals surface area contributed by atoms with Gasteiger partial charge in [0, 0.05) is 39.3 Å². The van der Waals surface area contributed by atoms with Crippen molar-refractivity contribution in [3.8, 4) is 0 Å². The number of hydrogen-bond acceptors (Lipinski definition) is 3. The normalized spacial score (nSPS) is 26.0. The third-order valence-electron chi connectivity index (χ3n) is 6.62. The largest absolute Gasteiger partial charge is 0.384 e. The van der Waals surface area contributed by atoms with Crippen LogP contribution < -0.4 is 0 Å². The Morgan fingerprint density at radius 1 is 1.16 bits per heavy atom. The Morgan fingerprint density at radius 2 is 1.88 bits per heavy atom. The highest BCUT2D eigenvalue weighted by Crippen LogP contribution is 2.43. The van der Waals surface area contributed by atoms with Crippen molar-refractivity contribution in [2.45, 2.75) is 44.6 Å². The van der Waals surface area contributed by atoms with E-state index >= 15 is 0 Å². The van der Waals surface area contributed by atoms with Crippen LogP contribution >= 0.6 is 0 Å². The molecule has 4 nitrogen and oxygen atoms in total. The number of piperazine rings is 1. The fourth-order valence-electron chi connectivity index (χ4n) is 4.92. The summed E-state index contributed by atoms with van der Waals surface area (Å²) in [6.07, 6.45) is 6.77. The summed E-state index contributed by atoms with van der Waals surface area (Å²) in [6.45, 7) is 4.37. The average molecular weight is 342 g/mol. The van der Waals surface area contributed by atoms with E-state index in [2.05, 4.69) is 34.1 Å². The maximum atomic E-state index is 13.0. The van der Waals surface area contributed by atoms with Crippen LogP contribution in [0.2, 0.25) is 0 Å². The number of ether oxygens (including phenoxy) is 1. The molecule has 2 fully saturated rings. The Kier molecular flexibility index (Phi) is 4.83. The van der Waals surface area contributed by atoms with Crippen LogP contribution in [0.5, 0.6) is 0 Å². The lowest BCUT2D eigenvalue weighted by Crippen LogP contribution is -2.58. The Balaban J connectivity index is 1.34. The summed E-state index contributed by atoms with van der Waals surface area (Å²) in [4.78, 5) is 17.7. The SMILES string of the molecule is COCC1(C(=O)N2CCN([C@H]3CCc4ccccc4C3)CC2)CCC1. The molecule has 1 aromatic rings. The van der Waals surface area contributed by atoms with Crippen LogP contribution in [0.25, 0.3) is 0 Å². The highest BCUT2D eigenvalue weighted by Gasteiger charge is 2.46. The topological polar surface area (TPSA) is 32.8 Å². The molecule has 0 unspecified atom stereocenters. The first-order chi connectivity index (χ1) is 12.2. The minimum absolute atomic E-state index is 0.208. The molecule has 1 atom stereocenters. The van der Waals surface area contributed by atoms with Crippen LogP contribution in [0.4, 0.5) is 0 Å². The molecular weight excluding hydrogens is 312 g/mol. The van der Waals surface area contributed by atoms with Crippen molar-refractivity contribution < 1.29 is 9.53 Å². The molecule has 4 rings (SSSR count). The van der Waals surface area contributed by atoms with Gasteiger partial charge in [0.1, 0.15) is 0 Å². The minimum atomic E-state index is -0.208. The zero-order valence-electron chi connectivity index (χ0n) is 15.4. The molecule has 1 saturated heterocycles. The summed E-state index contributed by atoms with van der Waals surface area (Å²) >= 11 is 0. The predicted molar refractivity (Wildman–Crippen MR) is 98.6 cm³/mol. The van der Waals surface area contributed by atoms with Crippen LogP contribution in [-0.2, 0) is 22.4 Å². The van der Waals surface area contributed by atoms with Crippen LogP contribution in [0.3, 0.4) is 0 Å². The highest BCUT2D eigenvalue weighted by molar-refractivity contribution is 5.84. The molecular formula is C21H30N2O2. The number of benzene rings is 1. The van der Waals surface area contributed by atoms with Crippen molar-refractivity contribution in [1.82, 2.24) is 9.80 Å². The molecule has 0 aromatic heterocycles. The van der Waals surface area contributed by atoms with Gasteiger partial charge < -0.3 is 9.64 Å². The van der Waals surface area contributed by atoms with E-state index in [0.29, 0.717) is 18.6 Å². The van der Waals surface area contributed by atoms with Crippen molar-refractivity contribution in [3.63, 3.8) is 0 Å². The Labute approximate surface area is 151 Å². The van der Waals surface area contributed by atoms with E-state index in [1.807, 2.05) is 0 Å². The maximum Gasteiger partial charge on any atom is 0.231 e. The van der Waals surface area contributed by atoms with Crippen molar-refractivity contribution in [2.24, 2.45) is 5.41 Å². The van der Waals surface area contributed by atoms with Crippen LogP contribution in [0, 0.1) is 5.41 Å². The number of rotatable bonds is 4. The molecule has 0 spiro atoms. The highest BCUT2D eigenvalue weighted by atomic mass is 16.5. The lowest BCUT2D eigenvalue weighted by atomic mass is 9.68. The molecule has 0 N–H and O–H groups in total. The van der Waals surface area contributed by atoms with E-state index < -0.39 is 0 Å². The number of carbonyl (C=O) groups is 1. The van der Waals surface area contributed by atoms with E-state index in [1.54, 1.807) is 7.11 Å². The third kappa shape index (κ3) is 3.22. The van der Waals surface area contributed by atoms with Crippen LogP contribution in [-0.4, -0.2) is 61.6 Å². The first kappa shape index (κ1) is 17.0. The molecule has 1 saturated carbocycles. The summed E-state index contributed by atoms with van der Waals surface area (Å²) < 4.78 is 5.35. The summed E-state index contributed by atoms with van der Waals surface area (Å²) in [5, 5.41) is 0. The molecule has 136 valence electrons. The smallest absolute Gasteiger partial charge is 0.231 e. The summed E-state index contributed by atoms with van der Waals surface area (Å²) in [5.41, 5.74) is 2.84. The third-order valence-corrected chi connectivity index (χ3v) is 6.62. The number of carbonyl (C=O) groups excluding carboxylic acids is 1. The van der Waals surface area contributed by atoms with Gasteiger partial charge in [-0.1, -0.05) is 30.7 Å². The number of aryl methyl sites for hydroxylation is 1. The first-order valence-corrected chi connectivity index (χ1v) is 9.81. The molecule has 1 amide bonds. The molecule has 1 aromatic carbocycles. The first-order valence-electron chi connectivity index (χ1n) is 9.81. The second-order valence-electron chi connectivity index (χ2n) is 8.06. The Morgan fingerprint density at radius 3 is 2.52 bits per heavy atom. The van der Waals surface area contributed by atoms with E-state index in [1.165, 1.54) is 24.0 Å². The van der Waals surface area contributed by atoms with Gasteiger partial charge in [0.25, 0.3) is 0 Å². The van der Waals surface area contributed by atoms with E-state index in [9.17, 15) is 4.79 Å². The van der Waals surface area contributed by atoms with Crippen molar-refractivity contribution in [1.29, 1.82) is 0 Å². The summed E-state index contributed by atoms with van der Waals surface area (Å²) in [6, 6.07) is 9.51. The van der Waals surface area contributed by atoms with Gasteiger partial charge in [-0.05, 0) is 43.2 Å². The number of methoxy groups -OCH3 is 1. The Bertz CT molecular complexity index is 618. The molecule has 0 radical (unpaired) electrons. The quantitative estimate of drug-likeness (QED) is 0.843. The monoisotopic (exact) mass is 342 g/mol. The number of hydrogen-bond donors (Lipinski definition) is 0. The molecule has 2 aliphatic carbocycles. The molecule has 4 heteroatoms. The van der Waals surface area contributed by atoms with Crippen LogP contribution in [0.1, 0.15) is 36.8 Å². The standard InChI is InChI=1S/C21H30N2O2/c1-25-16-21(9-4-10-21)20(24)23-13-11-22(12-14-23)19-8-7-17-5-2-3-6-18(17)15-19/h2-3,5-6,19H,4,7-16H2,1H3/t19-/m0/s1. The molecule has 0 bridgehead atoms. The van der Waals surface area contributed by atoms with E-state index in [-0.39, 0.29) is 5.41 Å². The van der Waals surface area contributed by atoms with Crippen molar-refractivity contribution >= 4 is 5.91 Å².